The van der Waals surface area contributed by atoms with Gasteiger partial charge < -0.3 is 73.7 Å². The number of aromatic amines is 2. The first-order chi connectivity index (χ1) is 65.5. The van der Waals surface area contributed by atoms with Gasteiger partial charge >= 0.3 is 0 Å². The molecule has 7 aromatic carbocycles. The summed E-state index contributed by atoms with van der Waals surface area (Å²) >= 11 is 0. The van der Waals surface area contributed by atoms with Gasteiger partial charge in [-0.2, -0.15) is 4.98 Å². The fraction of sp³-hybridized carbons (Fsp3) is 0.478. The maximum Gasteiger partial charge on any atom is 0.251 e. The van der Waals surface area contributed by atoms with Crippen LogP contribution in [0.1, 0.15) is 193 Å². The van der Waals surface area contributed by atoms with E-state index in [1.165, 1.54) is 156 Å². The summed E-state index contributed by atoms with van der Waals surface area (Å²) < 4.78 is 28.1. The van der Waals surface area contributed by atoms with E-state index in [-0.39, 0.29) is 17.0 Å². The Kier molecular flexibility index (Phi) is 40.0. The van der Waals surface area contributed by atoms with Crippen LogP contribution in [0, 0.1) is 5.92 Å². The number of benzene rings is 7. The van der Waals surface area contributed by atoms with Crippen molar-refractivity contribution in [3.8, 4) is 11.6 Å². The molecule has 708 valence electrons. The highest BCUT2D eigenvalue weighted by atomic mass is 16.5. The van der Waals surface area contributed by atoms with Crippen LogP contribution < -0.4 is 60.6 Å². The predicted octanol–water partition coefficient (Wildman–Crippen LogP) is 19.9. The third-order valence-corrected chi connectivity index (χ3v) is 27.5. The van der Waals surface area contributed by atoms with E-state index in [1.54, 1.807) is 19.2 Å². The Bertz CT molecular complexity index is 4950. The molecule has 0 bridgehead atoms. The molecule has 20 nitrogen and oxygen atoms in total. The molecule has 11 heterocycles. The van der Waals surface area contributed by atoms with Gasteiger partial charge in [0.2, 0.25) is 11.8 Å². The molecule has 6 atom stereocenters. The molecule has 10 aromatic rings. The Morgan fingerprint density at radius 2 is 0.729 bits per heavy atom. The number of pyridine rings is 3. The highest BCUT2D eigenvalue weighted by Crippen LogP contribution is 2.35. The van der Waals surface area contributed by atoms with E-state index < -0.39 is 0 Å². The van der Waals surface area contributed by atoms with Crippen molar-refractivity contribution in [3.63, 3.8) is 0 Å². The van der Waals surface area contributed by atoms with Crippen molar-refractivity contribution in [1.82, 2.24) is 25.6 Å². The summed E-state index contributed by atoms with van der Waals surface area (Å²) in [5, 5.41) is 6.72. The number of Topliss-reactive ketones (excluding diaryl/α,β-unsaturated/α-hetero) is 1. The van der Waals surface area contributed by atoms with Crippen molar-refractivity contribution >= 4 is 46.2 Å². The number of hydrogen-bond donors (Lipinski definition) is 4. The minimum atomic E-state index is -0.0169. The SMILES string of the molecule is COc1ccc(COc2cc(N3CCOCC3)cc(N3CCCCCC3Cc3ccccc3)n2)cc1.O=C1CCCCC(Cc2ccccc2)N1.O=C1CCCCC1Cc1ccccc1.O=c1cc(N2CCOCC2)cc(N2CCCCC[C@@H]2Cc2ccccc2)[nH]1.O=c1cc(N2CCOCC2)cc(N2CCCCC[C@H]2Cc2ccccc2)[nH]1.c1ccc(CC2CCCCCN2)cc1. The quantitative estimate of drug-likeness (QED) is 0.0498. The van der Waals surface area contributed by atoms with Gasteiger partial charge in [-0.15, -0.1) is 0 Å². The molecule has 9 fully saturated rings. The van der Waals surface area contributed by atoms with Crippen LogP contribution in [-0.4, -0.2) is 169 Å². The minimum absolute atomic E-state index is 0.0169. The van der Waals surface area contributed by atoms with Gasteiger partial charge in [-0.3, -0.25) is 19.2 Å². The molecule has 1 aliphatic carbocycles. The number of ether oxygens (including phenoxy) is 5. The number of rotatable bonds is 22. The van der Waals surface area contributed by atoms with Crippen molar-refractivity contribution < 1.29 is 33.3 Å². The molecule has 0 spiro atoms. The zero-order valence-electron chi connectivity index (χ0n) is 79.1. The molecule has 0 radical (unpaired) electrons. The molecule has 9 aliphatic rings. The molecule has 20 heteroatoms. The second-order valence-corrected chi connectivity index (χ2v) is 37.3. The van der Waals surface area contributed by atoms with Crippen LogP contribution in [0.3, 0.4) is 0 Å². The van der Waals surface area contributed by atoms with E-state index in [4.69, 9.17) is 28.7 Å². The third-order valence-electron chi connectivity index (χ3n) is 27.5. The number of nitrogens with one attached hydrogen (secondary N) is 4. The molecule has 1 saturated carbocycles. The fourth-order valence-electron chi connectivity index (χ4n) is 20.1. The molecule has 4 N–H and O–H groups in total. The zero-order chi connectivity index (χ0) is 91.5. The van der Waals surface area contributed by atoms with Gasteiger partial charge in [-0.05, 0) is 173 Å². The zero-order valence-corrected chi connectivity index (χ0v) is 79.1. The molecule has 1 amide bonds. The summed E-state index contributed by atoms with van der Waals surface area (Å²) in [7, 11) is 1.68. The summed E-state index contributed by atoms with van der Waals surface area (Å²) in [6.07, 6.45) is 34.5. The van der Waals surface area contributed by atoms with E-state index >= 15 is 0 Å². The molecule has 8 aliphatic heterocycles. The lowest BCUT2D eigenvalue weighted by atomic mass is 9.84. The summed E-state index contributed by atoms with van der Waals surface area (Å²) in [6.45, 7) is 14.2. The molecule has 133 heavy (non-hydrogen) atoms. The van der Waals surface area contributed by atoms with E-state index in [2.05, 4.69) is 220 Å². The minimum Gasteiger partial charge on any atom is -0.497 e. The van der Waals surface area contributed by atoms with Crippen LogP contribution in [0.25, 0.3) is 0 Å². The smallest absolute Gasteiger partial charge is 0.251 e. The summed E-state index contributed by atoms with van der Waals surface area (Å²) in [5.41, 5.74) is 12.4. The lowest BCUT2D eigenvalue weighted by molar-refractivity contribution is -0.124. The average Bonchev–Trinajstić information content (AvgIpc) is 1.70. The van der Waals surface area contributed by atoms with Gasteiger partial charge in [0.15, 0.2) is 0 Å². The number of methoxy groups -OCH3 is 1. The van der Waals surface area contributed by atoms with E-state index in [1.807, 2.05) is 60.7 Å². The first-order valence-corrected chi connectivity index (χ1v) is 50.4. The molecule has 8 saturated heterocycles. The number of amides is 1. The summed E-state index contributed by atoms with van der Waals surface area (Å²) in [5.74, 6) is 5.46. The standard InChI is InChI=1S/C30H37N3O3.2C22H29N3O2.C13H17NO.C13H19N.C13H16O/c1-34-28-13-11-25(12-14-28)23-36-30-22-27(32-16-18-35-19-17-32)21-29(31-30)33-15-7-3-6-10-26(33)20-24-8-4-2-5-9-24;2*26-22-17-20(24-11-13-27-14-12-24)16-21(23-22)25-10-6-2-5-9-19(25)15-18-7-3-1-4-8-18;15-13-9-5-4-8-12(14-13)10-11-6-2-1-3-7-11;1-3-7-12(8-4-1)11-13-9-5-2-6-10-14-13;14-13-9-5-4-8-12(13)10-11-6-2-1-3-7-11/h2,4-5,8-9,11-14,21-22,26H,3,6-7,10,15-20,23H2,1H3;2*1,3-4,7-8,16-17,19H,2,5-6,9-15H2,(H,23,26);1-3,6-7,12H,4-5,8-10H2,(H,14,15);1,3-4,7-8,13-14H,2,5-6,9-11H2;1-3,6-7,12H,4-5,8-10H2/t;2*19-;;;/m.10.../s1. The monoisotopic (exact) mass is 1800 g/mol. The molecular formula is C113H147N11O9. The number of aromatic nitrogens is 3. The Morgan fingerprint density at radius 3 is 1.19 bits per heavy atom. The largest absolute Gasteiger partial charge is 0.497 e. The maximum atomic E-state index is 12.4. The van der Waals surface area contributed by atoms with Crippen LogP contribution in [0.4, 0.5) is 34.5 Å². The lowest BCUT2D eigenvalue weighted by Gasteiger charge is -2.34. The molecular weight excluding hydrogens is 1660 g/mol. The number of nitrogens with zero attached hydrogens (tertiary/aromatic N) is 7. The second kappa shape index (κ2) is 54.4. The second-order valence-electron chi connectivity index (χ2n) is 37.3. The fourth-order valence-corrected chi connectivity index (χ4v) is 20.1. The number of carbonyl (C=O) groups is 2. The van der Waals surface area contributed by atoms with Gasteiger partial charge in [0.25, 0.3) is 11.1 Å². The van der Waals surface area contributed by atoms with Crippen molar-refractivity contribution in [2.75, 3.05) is 142 Å². The molecule has 3 aromatic heterocycles. The first-order valence-electron chi connectivity index (χ1n) is 50.4. The van der Waals surface area contributed by atoms with Gasteiger partial charge in [0.1, 0.15) is 35.6 Å². The Labute approximate surface area is 791 Å². The number of ketones is 1. The third kappa shape index (κ3) is 32.7. The Hall–Kier alpha value is -11.0. The van der Waals surface area contributed by atoms with Crippen molar-refractivity contribution in [2.45, 2.75) is 229 Å². The highest BCUT2D eigenvalue weighted by Gasteiger charge is 2.30. The van der Waals surface area contributed by atoms with Crippen molar-refractivity contribution in [1.29, 1.82) is 0 Å². The van der Waals surface area contributed by atoms with Crippen LogP contribution in [0.2, 0.25) is 0 Å². The van der Waals surface area contributed by atoms with Crippen LogP contribution in [-0.2, 0) is 68.9 Å². The Morgan fingerprint density at radius 1 is 0.346 bits per heavy atom. The van der Waals surface area contributed by atoms with Gasteiger partial charge in [0.05, 0.1) is 46.8 Å². The number of hydrogen-bond acceptors (Lipinski definition) is 17. The van der Waals surface area contributed by atoms with Gasteiger partial charge in [-0.25, -0.2) is 0 Å². The van der Waals surface area contributed by atoms with E-state index in [0.717, 1.165) is 215 Å². The van der Waals surface area contributed by atoms with Crippen molar-refractivity contribution in [3.05, 3.63) is 302 Å². The average molecular weight is 1800 g/mol. The van der Waals surface area contributed by atoms with Crippen LogP contribution >= 0.6 is 0 Å². The lowest BCUT2D eigenvalue weighted by Crippen LogP contribution is -2.39. The maximum absolute atomic E-state index is 12.4. The summed E-state index contributed by atoms with van der Waals surface area (Å²) in [4.78, 5) is 73.4. The highest BCUT2D eigenvalue weighted by molar-refractivity contribution is 5.82. The number of carbonyl (C=O) groups excluding carboxylic acids is 2. The molecule has 19 rings (SSSR count). The van der Waals surface area contributed by atoms with E-state index in [9.17, 15) is 19.2 Å². The summed E-state index contributed by atoms with van der Waals surface area (Å²) in [6, 6.07) is 86.2. The predicted molar refractivity (Wildman–Crippen MR) is 542 cm³/mol. The van der Waals surface area contributed by atoms with Gasteiger partial charge in [-0.1, -0.05) is 258 Å². The van der Waals surface area contributed by atoms with Crippen molar-refractivity contribution in [2.24, 2.45) is 5.92 Å². The van der Waals surface area contributed by atoms with Crippen LogP contribution in [0.15, 0.2) is 252 Å². The first kappa shape index (κ1) is 98.0. The molecule has 4 unspecified atom stereocenters. The van der Waals surface area contributed by atoms with Crippen LogP contribution in [0.5, 0.6) is 11.6 Å². The van der Waals surface area contributed by atoms with E-state index in [0.29, 0.717) is 60.8 Å². The number of anilines is 6. The topological polar surface area (TPSA) is 202 Å². The van der Waals surface area contributed by atoms with Gasteiger partial charge in [0, 0.05) is 161 Å². The normalized spacial score (nSPS) is 20.8. The number of morpholine rings is 3. The Balaban J connectivity index is 0.000000133. The number of H-pyrrole nitrogens is 2.